The molecule has 3 nitrogen and oxygen atoms in total. The van der Waals surface area contributed by atoms with Gasteiger partial charge in [0.15, 0.2) is 5.43 Å². The standard InChI is InChI=1S/C19H26N2O/c1-12-6-5-7-21(10-12)11-17-15(4)20-18-14(3)8-13(2)9-16(18)19(17)22/h8-9,12H,5-7,10-11H2,1-4H3,(H,20,22)/t12-/m1/s1. The highest BCUT2D eigenvalue weighted by molar-refractivity contribution is 5.83. The summed E-state index contributed by atoms with van der Waals surface area (Å²) in [5.41, 5.74) is 5.44. The molecule has 2 aromatic rings. The van der Waals surface area contributed by atoms with Crippen molar-refractivity contribution in [3.8, 4) is 0 Å². The van der Waals surface area contributed by atoms with Crippen molar-refractivity contribution in [2.24, 2.45) is 5.92 Å². The van der Waals surface area contributed by atoms with E-state index in [1.54, 1.807) is 0 Å². The van der Waals surface area contributed by atoms with Crippen molar-refractivity contribution in [1.82, 2.24) is 9.88 Å². The lowest BCUT2D eigenvalue weighted by atomic mass is 9.98. The predicted octanol–water partition coefficient (Wildman–Crippen LogP) is 3.69. The first kappa shape index (κ1) is 15.3. The van der Waals surface area contributed by atoms with E-state index in [-0.39, 0.29) is 5.43 Å². The number of nitrogens with zero attached hydrogens (tertiary/aromatic N) is 1. The van der Waals surface area contributed by atoms with Crippen LogP contribution in [0.1, 0.15) is 42.1 Å². The van der Waals surface area contributed by atoms with E-state index < -0.39 is 0 Å². The van der Waals surface area contributed by atoms with E-state index in [0.717, 1.165) is 58.8 Å². The minimum Gasteiger partial charge on any atom is -0.358 e. The van der Waals surface area contributed by atoms with Crippen LogP contribution in [-0.4, -0.2) is 23.0 Å². The molecule has 1 aliphatic rings. The van der Waals surface area contributed by atoms with Gasteiger partial charge in [-0.3, -0.25) is 9.69 Å². The molecule has 3 heteroatoms. The lowest BCUT2D eigenvalue weighted by Crippen LogP contribution is -2.35. The van der Waals surface area contributed by atoms with Crippen molar-refractivity contribution in [2.75, 3.05) is 13.1 Å². The summed E-state index contributed by atoms with van der Waals surface area (Å²) in [5, 5.41) is 0.836. The Morgan fingerprint density at radius 1 is 1.27 bits per heavy atom. The maximum atomic E-state index is 13.0. The molecule has 0 radical (unpaired) electrons. The maximum Gasteiger partial charge on any atom is 0.194 e. The van der Waals surface area contributed by atoms with Gasteiger partial charge in [-0.2, -0.15) is 0 Å². The SMILES string of the molecule is Cc1cc(C)c2[nH]c(C)c(CN3CCC[C@@H](C)C3)c(=O)c2c1. The molecule has 1 aromatic heterocycles. The monoisotopic (exact) mass is 298 g/mol. The Bertz CT molecular complexity index is 760. The summed E-state index contributed by atoms with van der Waals surface area (Å²) in [6.07, 6.45) is 2.55. The van der Waals surface area contributed by atoms with Crippen LogP contribution in [0.3, 0.4) is 0 Å². The number of H-pyrrole nitrogens is 1. The molecule has 1 aromatic carbocycles. The van der Waals surface area contributed by atoms with Gasteiger partial charge in [0.2, 0.25) is 0 Å². The Morgan fingerprint density at radius 3 is 2.77 bits per heavy atom. The van der Waals surface area contributed by atoms with Gasteiger partial charge in [0.25, 0.3) is 0 Å². The summed E-state index contributed by atoms with van der Waals surface area (Å²) in [6, 6.07) is 4.15. The average molecular weight is 298 g/mol. The first-order chi connectivity index (χ1) is 10.5. The van der Waals surface area contributed by atoms with Gasteiger partial charge in [-0.25, -0.2) is 0 Å². The number of rotatable bonds is 2. The van der Waals surface area contributed by atoms with Crippen molar-refractivity contribution in [1.29, 1.82) is 0 Å². The molecule has 1 N–H and O–H groups in total. The quantitative estimate of drug-likeness (QED) is 0.918. The summed E-state index contributed by atoms with van der Waals surface area (Å²) >= 11 is 0. The highest BCUT2D eigenvalue weighted by Gasteiger charge is 2.19. The van der Waals surface area contributed by atoms with Crippen LogP contribution >= 0.6 is 0 Å². The highest BCUT2D eigenvalue weighted by atomic mass is 16.1. The van der Waals surface area contributed by atoms with E-state index in [0.29, 0.717) is 0 Å². The number of fused-ring (bicyclic) bond motifs is 1. The molecular formula is C19H26N2O. The van der Waals surface area contributed by atoms with E-state index in [1.807, 2.05) is 13.0 Å². The van der Waals surface area contributed by atoms with Gasteiger partial charge in [0, 0.05) is 29.7 Å². The molecule has 1 atom stereocenters. The summed E-state index contributed by atoms with van der Waals surface area (Å²) in [5.74, 6) is 0.734. The third kappa shape index (κ3) is 2.82. The lowest BCUT2D eigenvalue weighted by molar-refractivity contribution is 0.176. The zero-order valence-electron chi connectivity index (χ0n) is 14.1. The van der Waals surface area contributed by atoms with E-state index >= 15 is 0 Å². The molecule has 3 rings (SSSR count). The number of aromatic amines is 1. The smallest absolute Gasteiger partial charge is 0.194 e. The second-order valence-electron chi connectivity index (χ2n) is 7.04. The van der Waals surface area contributed by atoms with Crippen LogP contribution < -0.4 is 5.43 Å². The van der Waals surface area contributed by atoms with Crippen LogP contribution in [0.15, 0.2) is 16.9 Å². The third-order valence-corrected chi connectivity index (χ3v) is 4.89. The average Bonchev–Trinajstić information content (AvgIpc) is 2.45. The molecule has 0 saturated carbocycles. The number of likely N-dealkylation sites (tertiary alicyclic amines) is 1. The van der Waals surface area contributed by atoms with E-state index in [9.17, 15) is 4.79 Å². The van der Waals surface area contributed by atoms with Crippen molar-refractivity contribution in [3.63, 3.8) is 0 Å². The summed E-state index contributed by atoms with van der Waals surface area (Å²) in [6.45, 7) is 11.4. The van der Waals surface area contributed by atoms with E-state index in [4.69, 9.17) is 0 Å². The van der Waals surface area contributed by atoms with Gasteiger partial charge in [0.05, 0.1) is 5.52 Å². The molecule has 1 fully saturated rings. The predicted molar refractivity (Wildman–Crippen MR) is 92.5 cm³/mol. The number of benzene rings is 1. The minimum absolute atomic E-state index is 0.205. The zero-order chi connectivity index (χ0) is 15.9. The van der Waals surface area contributed by atoms with Crippen LogP contribution in [0.2, 0.25) is 0 Å². The van der Waals surface area contributed by atoms with Crippen LogP contribution in [-0.2, 0) is 6.54 Å². The van der Waals surface area contributed by atoms with Gasteiger partial charge >= 0.3 is 0 Å². The van der Waals surface area contributed by atoms with Crippen LogP contribution in [0, 0.1) is 26.7 Å². The minimum atomic E-state index is 0.205. The largest absolute Gasteiger partial charge is 0.358 e. The zero-order valence-corrected chi connectivity index (χ0v) is 14.1. The van der Waals surface area contributed by atoms with Gasteiger partial charge < -0.3 is 4.98 Å². The number of pyridine rings is 1. The van der Waals surface area contributed by atoms with Crippen molar-refractivity contribution in [2.45, 2.75) is 47.1 Å². The normalized spacial score (nSPS) is 19.7. The topological polar surface area (TPSA) is 36.1 Å². The molecule has 118 valence electrons. The number of hydrogen-bond acceptors (Lipinski definition) is 2. The van der Waals surface area contributed by atoms with Gasteiger partial charge in [-0.1, -0.05) is 13.0 Å². The molecule has 1 saturated heterocycles. The number of aryl methyl sites for hydroxylation is 3. The molecule has 0 unspecified atom stereocenters. The first-order valence-corrected chi connectivity index (χ1v) is 8.30. The molecule has 0 bridgehead atoms. The number of aromatic nitrogens is 1. The van der Waals surface area contributed by atoms with Crippen molar-refractivity contribution in [3.05, 3.63) is 44.7 Å². The van der Waals surface area contributed by atoms with Gasteiger partial charge in [0.1, 0.15) is 0 Å². The molecule has 2 heterocycles. The van der Waals surface area contributed by atoms with Crippen LogP contribution in [0.5, 0.6) is 0 Å². The summed E-state index contributed by atoms with van der Waals surface area (Å²) in [7, 11) is 0. The second-order valence-corrected chi connectivity index (χ2v) is 7.04. The third-order valence-electron chi connectivity index (χ3n) is 4.89. The van der Waals surface area contributed by atoms with Gasteiger partial charge in [-0.15, -0.1) is 0 Å². The van der Waals surface area contributed by atoms with E-state index in [2.05, 4.69) is 36.7 Å². The Morgan fingerprint density at radius 2 is 2.05 bits per heavy atom. The molecule has 0 spiro atoms. The Hall–Kier alpha value is -1.61. The Balaban J connectivity index is 2.04. The van der Waals surface area contributed by atoms with Crippen LogP contribution in [0.25, 0.3) is 10.9 Å². The highest BCUT2D eigenvalue weighted by Crippen LogP contribution is 2.21. The molecular weight excluding hydrogens is 272 g/mol. The molecule has 1 aliphatic heterocycles. The summed E-state index contributed by atoms with van der Waals surface area (Å²) < 4.78 is 0. The number of nitrogens with one attached hydrogen (secondary N) is 1. The fourth-order valence-electron chi connectivity index (χ4n) is 3.75. The van der Waals surface area contributed by atoms with Crippen LogP contribution in [0.4, 0.5) is 0 Å². The Labute approximate surface area is 132 Å². The number of hydrogen-bond donors (Lipinski definition) is 1. The van der Waals surface area contributed by atoms with Crippen molar-refractivity contribution < 1.29 is 0 Å². The molecule has 22 heavy (non-hydrogen) atoms. The number of piperidine rings is 1. The van der Waals surface area contributed by atoms with Gasteiger partial charge in [-0.05, 0) is 63.3 Å². The fourth-order valence-corrected chi connectivity index (χ4v) is 3.75. The van der Waals surface area contributed by atoms with E-state index in [1.165, 1.54) is 12.8 Å². The van der Waals surface area contributed by atoms with Crippen molar-refractivity contribution >= 4 is 10.9 Å². The molecule has 0 amide bonds. The second kappa shape index (κ2) is 5.88. The maximum absolute atomic E-state index is 13.0. The fraction of sp³-hybridized carbons (Fsp3) is 0.526. The molecule has 0 aliphatic carbocycles. The first-order valence-electron chi connectivity index (χ1n) is 8.30. The lowest BCUT2D eigenvalue weighted by Gasteiger charge is -2.31. The Kier molecular flexibility index (Phi) is 4.09. The summed E-state index contributed by atoms with van der Waals surface area (Å²) in [4.78, 5) is 18.9.